The highest BCUT2D eigenvalue weighted by Crippen LogP contribution is 2.23. The molecule has 1 heterocycles. The lowest BCUT2D eigenvalue weighted by molar-refractivity contribution is -0.120. The van der Waals surface area contributed by atoms with E-state index in [1.807, 2.05) is 24.3 Å². The van der Waals surface area contributed by atoms with Gasteiger partial charge in [-0.3, -0.25) is 4.79 Å². The molecular weight excluding hydrogens is 512 g/mol. The first-order chi connectivity index (χ1) is 19.4. The van der Waals surface area contributed by atoms with Crippen molar-refractivity contribution in [3.05, 3.63) is 29.8 Å². The number of hydrogen-bond acceptors (Lipinski definition) is 11. The van der Waals surface area contributed by atoms with Gasteiger partial charge in [-0.15, -0.1) is 0 Å². The molecule has 1 aliphatic carbocycles. The zero-order valence-corrected chi connectivity index (χ0v) is 23.8. The van der Waals surface area contributed by atoms with Crippen molar-refractivity contribution in [3.8, 4) is 0 Å². The molecule has 1 amide bonds. The highest BCUT2D eigenvalue weighted by molar-refractivity contribution is 5.78. The molecule has 3 rings (SSSR count). The number of rotatable bonds is 18. The number of nitrogens with one attached hydrogen (secondary N) is 4. The standard InChI is InChI=1S/C28H46N8O4/c1-20(2)11-13-31-26-34-27(36-28(35-26)33-23-7-9-24(37)10-8-23)32-22-5-3-21(4-6-22)19-25(38)30-14-16-40-18-17-39-15-12-29/h3-6,20,23-24,37H,7-19,29H2,1-2H3,(H,30,38)(H3,31,32,33,34,35,36). The van der Waals surface area contributed by atoms with Gasteiger partial charge in [0.15, 0.2) is 0 Å². The Balaban J connectivity index is 1.51. The van der Waals surface area contributed by atoms with E-state index < -0.39 is 0 Å². The molecule has 0 unspecified atom stereocenters. The van der Waals surface area contributed by atoms with Crippen LogP contribution in [0, 0.1) is 5.92 Å². The van der Waals surface area contributed by atoms with E-state index >= 15 is 0 Å². The molecule has 1 fully saturated rings. The first-order valence-corrected chi connectivity index (χ1v) is 14.3. The molecule has 40 heavy (non-hydrogen) atoms. The summed E-state index contributed by atoms with van der Waals surface area (Å²) in [7, 11) is 0. The second-order valence-corrected chi connectivity index (χ2v) is 10.4. The number of benzene rings is 1. The Labute approximate surface area is 237 Å². The summed E-state index contributed by atoms with van der Waals surface area (Å²) in [5.41, 5.74) is 7.06. The van der Waals surface area contributed by atoms with E-state index in [0.717, 1.165) is 49.9 Å². The Morgan fingerprint density at radius 1 is 0.950 bits per heavy atom. The summed E-state index contributed by atoms with van der Waals surface area (Å²) in [6, 6.07) is 7.83. The number of aromatic nitrogens is 3. The zero-order valence-electron chi connectivity index (χ0n) is 23.8. The molecule has 1 aromatic heterocycles. The number of nitrogens with two attached hydrogens (primary N) is 1. The van der Waals surface area contributed by atoms with Crippen LogP contribution < -0.4 is 27.0 Å². The molecule has 12 heteroatoms. The van der Waals surface area contributed by atoms with E-state index in [1.165, 1.54) is 0 Å². The number of aliphatic hydroxyl groups excluding tert-OH is 1. The van der Waals surface area contributed by atoms with Crippen molar-refractivity contribution in [1.29, 1.82) is 0 Å². The summed E-state index contributed by atoms with van der Waals surface area (Å²) in [6.45, 7) is 7.98. The Hall–Kier alpha value is -3.06. The fraction of sp³-hybridized carbons (Fsp3) is 0.643. The average molecular weight is 559 g/mol. The third-order valence-corrected chi connectivity index (χ3v) is 6.45. The van der Waals surface area contributed by atoms with E-state index in [0.29, 0.717) is 63.3 Å². The third-order valence-electron chi connectivity index (χ3n) is 6.45. The van der Waals surface area contributed by atoms with Gasteiger partial charge in [0.05, 0.1) is 39.0 Å². The van der Waals surface area contributed by atoms with Crippen LogP contribution in [-0.4, -0.2) is 84.2 Å². The number of nitrogens with zero attached hydrogens (tertiary/aromatic N) is 3. The molecule has 0 radical (unpaired) electrons. The van der Waals surface area contributed by atoms with Crippen LogP contribution >= 0.6 is 0 Å². The number of ether oxygens (including phenoxy) is 2. The van der Waals surface area contributed by atoms with E-state index in [1.54, 1.807) is 0 Å². The van der Waals surface area contributed by atoms with Crippen molar-refractivity contribution in [2.45, 2.75) is 64.5 Å². The molecule has 1 saturated carbocycles. The molecule has 12 nitrogen and oxygen atoms in total. The maximum absolute atomic E-state index is 12.3. The monoisotopic (exact) mass is 558 g/mol. The summed E-state index contributed by atoms with van der Waals surface area (Å²) in [6.07, 6.45) is 4.36. The van der Waals surface area contributed by atoms with Crippen LogP contribution in [0.25, 0.3) is 0 Å². The molecular formula is C28H46N8O4. The van der Waals surface area contributed by atoms with Crippen LogP contribution in [0.2, 0.25) is 0 Å². The lowest BCUT2D eigenvalue weighted by Crippen LogP contribution is -2.29. The van der Waals surface area contributed by atoms with Crippen molar-refractivity contribution in [1.82, 2.24) is 20.3 Å². The Bertz CT molecular complexity index is 1000. The van der Waals surface area contributed by atoms with Gasteiger partial charge < -0.3 is 41.6 Å². The Morgan fingerprint density at radius 3 is 2.33 bits per heavy atom. The molecule has 7 N–H and O–H groups in total. The van der Waals surface area contributed by atoms with Crippen LogP contribution in [0.15, 0.2) is 24.3 Å². The van der Waals surface area contributed by atoms with Gasteiger partial charge in [0.25, 0.3) is 0 Å². The minimum atomic E-state index is -0.220. The molecule has 1 aromatic carbocycles. The summed E-state index contributed by atoms with van der Waals surface area (Å²) in [5.74, 6) is 1.95. The smallest absolute Gasteiger partial charge is 0.233 e. The average Bonchev–Trinajstić information content (AvgIpc) is 2.92. The molecule has 0 bridgehead atoms. The molecule has 0 aliphatic heterocycles. The number of carbonyl (C=O) groups excluding carboxylic acids is 1. The number of amides is 1. The molecule has 0 saturated heterocycles. The first-order valence-electron chi connectivity index (χ1n) is 14.3. The van der Waals surface area contributed by atoms with Crippen LogP contribution in [0.3, 0.4) is 0 Å². The number of anilines is 4. The van der Waals surface area contributed by atoms with Crippen LogP contribution in [-0.2, 0) is 20.7 Å². The predicted molar refractivity (Wildman–Crippen MR) is 157 cm³/mol. The Kier molecular flexibility index (Phi) is 13.8. The van der Waals surface area contributed by atoms with Gasteiger partial charge in [-0.2, -0.15) is 15.0 Å². The van der Waals surface area contributed by atoms with E-state index in [2.05, 4.69) is 50.1 Å². The SMILES string of the molecule is CC(C)CCNc1nc(Nc2ccc(CC(=O)NCCOCCOCCN)cc2)nc(NC2CCC(O)CC2)n1. The summed E-state index contributed by atoms with van der Waals surface area (Å²) in [4.78, 5) is 26.0. The maximum atomic E-state index is 12.3. The van der Waals surface area contributed by atoms with Crippen LogP contribution in [0.4, 0.5) is 23.5 Å². The van der Waals surface area contributed by atoms with Gasteiger partial charge >= 0.3 is 0 Å². The third kappa shape index (κ3) is 12.4. The quantitative estimate of drug-likeness (QED) is 0.149. The van der Waals surface area contributed by atoms with Gasteiger partial charge in [-0.05, 0) is 55.7 Å². The van der Waals surface area contributed by atoms with Crippen LogP contribution in [0.5, 0.6) is 0 Å². The summed E-state index contributed by atoms with van der Waals surface area (Å²) >= 11 is 0. The second kappa shape index (κ2) is 17.6. The fourth-order valence-electron chi connectivity index (χ4n) is 4.20. The van der Waals surface area contributed by atoms with E-state index in [9.17, 15) is 9.90 Å². The van der Waals surface area contributed by atoms with Crippen molar-refractivity contribution in [2.24, 2.45) is 11.7 Å². The van der Waals surface area contributed by atoms with E-state index in [-0.39, 0.29) is 24.5 Å². The van der Waals surface area contributed by atoms with Gasteiger partial charge in [0.2, 0.25) is 23.8 Å². The van der Waals surface area contributed by atoms with Crippen LogP contribution in [0.1, 0.15) is 51.5 Å². The highest BCUT2D eigenvalue weighted by atomic mass is 16.5. The first kappa shape index (κ1) is 31.5. The summed E-state index contributed by atoms with van der Waals surface area (Å²) < 4.78 is 10.7. The van der Waals surface area contributed by atoms with Gasteiger partial charge in [-0.25, -0.2) is 0 Å². The van der Waals surface area contributed by atoms with Crippen molar-refractivity contribution >= 4 is 29.4 Å². The number of hydrogen-bond donors (Lipinski definition) is 6. The molecule has 0 spiro atoms. The van der Waals surface area contributed by atoms with Crippen molar-refractivity contribution in [3.63, 3.8) is 0 Å². The minimum absolute atomic E-state index is 0.0655. The maximum Gasteiger partial charge on any atom is 0.233 e. The largest absolute Gasteiger partial charge is 0.393 e. The van der Waals surface area contributed by atoms with Crippen molar-refractivity contribution < 1.29 is 19.4 Å². The normalized spacial score (nSPS) is 17.0. The molecule has 222 valence electrons. The highest BCUT2D eigenvalue weighted by Gasteiger charge is 2.20. The lowest BCUT2D eigenvalue weighted by Gasteiger charge is -2.26. The van der Waals surface area contributed by atoms with Gasteiger partial charge in [0, 0.05) is 31.4 Å². The van der Waals surface area contributed by atoms with Crippen molar-refractivity contribution in [2.75, 3.05) is 62.0 Å². The summed E-state index contributed by atoms with van der Waals surface area (Å²) in [5, 5.41) is 22.7. The predicted octanol–water partition coefficient (Wildman–Crippen LogP) is 2.44. The fourth-order valence-corrected chi connectivity index (χ4v) is 4.20. The lowest BCUT2D eigenvalue weighted by atomic mass is 9.93. The van der Waals surface area contributed by atoms with E-state index in [4.69, 9.17) is 15.2 Å². The molecule has 0 atom stereocenters. The zero-order chi connectivity index (χ0) is 28.6. The molecule has 2 aromatic rings. The molecule has 1 aliphatic rings. The number of aliphatic hydroxyl groups is 1. The van der Waals surface area contributed by atoms with Gasteiger partial charge in [-0.1, -0.05) is 26.0 Å². The topological polar surface area (TPSA) is 169 Å². The Morgan fingerprint density at radius 2 is 1.62 bits per heavy atom. The van der Waals surface area contributed by atoms with Gasteiger partial charge in [0.1, 0.15) is 0 Å². The minimum Gasteiger partial charge on any atom is -0.393 e. The second-order valence-electron chi connectivity index (χ2n) is 10.4. The number of carbonyl (C=O) groups is 1.